The van der Waals surface area contributed by atoms with E-state index in [4.69, 9.17) is 20.8 Å². The molecule has 0 saturated heterocycles. The quantitative estimate of drug-likeness (QED) is 0.675. The first-order valence-corrected chi connectivity index (χ1v) is 6.90. The Labute approximate surface area is 123 Å². The van der Waals surface area contributed by atoms with E-state index < -0.39 is 5.63 Å². The SMILES string of the molecule is Cc1nsc(Oc2cc3oc(=O)cc(C)c3cc2Cl)n1. The molecule has 3 aromatic rings. The third-order valence-electron chi connectivity index (χ3n) is 2.71. The predicted octanol–water partition coefficient (Wildman–Crippen LogP) is 3.71. The first-order chi connectivity index (χ1) is 9.52. The zero-order chi connectivity index (χ0) is 14.3. The van der Waals surface area contributed by atoms with Gasteiger partial charge in [-0.15, -0.1) is 0 Å². The summed E-state index contributed by atoms with van der Waals surface area (Å²) in [7, 11) is 0. The van der Waals surface area contributed by atoms with Crippen molar-refractivity contribution < 1.29 is 9.15 Å². The van der Waals surface area contributed by atoms with Crippen LogP contribution in [-0.2, 0) is 0 Å². The maximum Gasteiger partial charge on any atom is 0.336 e. The molecule has 2 heterocycles. The molecular weight excluding hydrogens is 300 g/mol. The van der Waals surface area contributed by atoms with Gasteiger partial charge in [0.2, 0.25) is 0 Å². The molecule has 0 aliphatic heterocycles. The Morgan fingerprint density at radius 2 is 2.10 bits per heavy atom. The molecule has 7 heteroatoms. The average Bonchev–Trinajstić information content (AvgIpc) is 2.77. The van der Waals surface area contributed by atoms with Crippen molar-refractivity contribution in [3.8, 4) is 10.9 Å². The second-order valence-electron chi connectivity index (χ2n) is 4.24. The van der Waals surface area contributed by atoms with Gasteiger partial charge in [-0.3, -0.25) is 0 Å². The molecule has 5 nitrogen and oxygen atoms in total. The van der Waals surface area contributed by atoms with Gasteiger partial charge in [-0.05, 0) is 25.5 Å². The highest BCUT2D eigenvalue weighted by Gasteiger charge is 2.11. The van der Waals surface area contributed by atoms with E-state index in [1.807, 2.05) is 6.92 Å². The zero-order valence-electron chi connectivity index (χ0n) is 10.6. The fourth-order valence-electron chi connectivity index (χ4n) is 1.81. The molecule has 1 aromatic carbocycles. The molecule has 0 radical (unpaired) electrons. The monoisotopic (exact) mass is 308 g/mol. The normalized spacial score (nSPS) is 10.9. The van der Waals surface area contributed by atoms with Crippen molar-refractivity contribution in [1.29, 1.82) is 0 Å². The van der Waals surface area contributed by atoms with E-state index in [0.29, 0.717) is 27.4 Å². The summed E-state index contributed by atoms with van der Waals surface area (Å²) in [5.74, 6) is 1.01. The number of benzene rings is 1. The highest BCUT2D eigenvalue weighted by atomic mass is 35.5. The van der Waals surface area contributed by atoms with Gasteiger partial charge in [0.1, 0.15) is 11.4 Å². The van der Waals surface area contributed by atoms with E-state index in [0.717, 1.165) is 22.5 Å². The van der Waals surface area contributed by atoms with Gasteiger partial charge >= 0.3 is 5.63 Å². The molecule has 102 valence electrons. The summed E-state index contributed by atoms with van der Waals surface area (Å²) < 4.78 is 14.7. The minimum Gasteiger partial charge on any atom is -0.428 e. The van der Waals surface area contributed by atoms with E-state index in [1.165, 1.54) is 6.07 Å². The van der Waals surface area contributed by atoms with Crippen molar-refractivity contribution in [3.05, 3.63) is 45.0 Å². The predicted molar refractivity (Wildman–Crippen MR) is 77.0 cm³/mol. The van der Waals surface area contributed by atoms with Gasteiger partial charge < -0.3 is 9.15 Å². The van der Waals surface area contributed by atoms with Crippen molar-refractivity contribution in [2.75, 3.05) is 0 Å². The van der Waals surface area contributed by atoms with Gasteiger partial charge in [0, 0.05) is 29.1 Å². The zero-order valence-corrected chi connectivity index (χ0v) is 12.2. The van der Waals surface area contributed by atoms with Crippen LogP contribution in [-0.4, -0.2) is 9.36 Å². The van der Waals surface area contributed by atoms with Crippen molar-refractivity contribution in [2.24, 2.45) is 0 Å². The number of hydrogen-bond acceptors (Lipinski definition) is 6. The lowest BCUT2D eigenvalue weighted by Crippen LogP contribution is -1.98. The van der Waals surface area contributed by atoms with Gasteiger partial charge in [-0.2, -0.15) is 9.36 Å². The van der Waals surface area contributed by atoms with Crippen molar-refractivity contribution in [1.82, 2.24) is 9.36 Å². The van der Waals surface area contributed by atoms with Crippen LogP contribution in [0.3, 0.4) is 0 Å². The lowest BCUT2D eigenvalue weighted by Gasteiger charge is -2.06. The molecule has 0 aliphatic rings. The van der Waals surface area contributed by atoms with Crippen molar-refractivity contribution >= 4 is 34.1 Å². The van der Waals surface area contributed by atoms with E-state index in [1.54, 1.807) is 19.1 Å². The van der Waals surface area contributed by atoms with E-state index >= 15 is 0 Å². The van der Waals surface area contributed by atoms with Crippen LogP contribution in [0.2, 0.25) is 5.02 Å². The summed E-state index contributed by atoms with van der Waals surface area (Å²) in [5.41, 5.74) is 0.821. The average molecular weight is 309 g/mol. The van der Waals surface area contributed by atoms with Crippen LogP contribution in [0.15, 0.2) is 27.4 Å². The minimum atomic E-state index is -0.407. The number of nitrogens with zero attached hydrogens (tertiary/aromatic N) is 2. The topological polar surface area (TPSA) is 65.2 Å². The Bertz CT molecular complexity index is 856. The third-order valence-corrected chi connectivity index (χ3v) is 3.69. The number of rotatable bonds is 2. The number of aryl methyl sites for hydroxylation is 2. The molecule has 0 unspecified atom stereocenters. The van der Waals surface area contributed by atoms with E-state index in [2.05, 4.69) is 9.36 Å². The first kappa shape index (κ1) is 13.1. The fraction of sp³-hybridized carbons (Fsp3) is 0.154. The summed E-state index contributed by atoms with van der Waals surface area (Å²) >= 11 is 7.31. The van der Waals surface area contributed by atoms with Crippen LogP contribution < -0.4 is 10.4 Å². The molecule has 0 amide bonds. The molecule has 0 spiro atoms. The fourth-order valence-corrected chi connectivity index (χ4v) is 2.56. The number of fused-ring (bicyclic) bond motifs is 1. The second-order valence-corrected chi connectivity index (χ2v) is 5.36. The molecule has 0 saturated carbocycles. The van der Waals surface area contributed by atoms with Crippen LogP contribution in [0, 0.1) is 13.8 Å². The maximum absolute atomic E-state index is 11.4. The molecule has 0 aliphatic carbocycles. The molecule has 3 rings (SSSR count). The first-order valence-electron chi connectivity index (χ1n) is 5.75. The van der Waals surface area contributed by atoms with Gasteiger partial charge in [-0.1, -0.05) is 11.6 Å². The molecular formula is C13H9ClN2O3S. The number of hydrogen-bond donors (Lipinski definition) is 0. The van der Waals surface area contributed by atoms with Crippen LogP contribution >= 0.6 is 23.1 Å². The molecule has 20 heavy (non-hydrogen) atoms. The number of ether oxygens (including phenoxy) is 1. The molecule has 0 N–H and O–H groups in total. The van der Waals surface area contributed by atoms with E-state index in [9.17, 15) is 4.79 Å². The Morgan fingerprint density at radius 3 is 2.80 bits per heavy atom. The third kappa shape index (κ3) is 2.39. The van der Waals surface area contributed by atoms with Crippen LogP contribution in [0.25, 0.3) is 11.0 Å². The van der Waals surface area contributed by atoms with Crippen LogP contribution in [0.1, 0.15) is 11.4 Å². The summed E-state index contributed by atoms with van der Waals surface area (Å²) in [5, 5.41) is 1.58. The number of aromatic nitrogens is 2. The summed E-state index contributed by atoms with van der Waals surface area (Å²) in [6.45, 7) is 3.60. The lowest BCUT2D eigenvalue weighted by molar-refractivity contribution is 0.476. The van der Waals surface area contributed by atoms with Gasteiger partial charge in [0.05, 0.1) is 5.02 Å². The summed E-state index contributed by atoms with van der Waals surface area (Å²) in [6.07, 6.45) is 0. The minimum absolute atomic E-state index is 0.379. The van der Waals surface area contributed by atoms with Crippen LogP contribution in [0.5, 0.6) is 10.9 Å². The van der Waals surface area contributed by atoms with Crippen molar-refractivity contribution in [3.63, 3.8) is 0 Å². The molecule has 0 bridgehead atoms. The van der Waals surface area contributed by atoms with E-state index in [-0.39, 0.29) is 0 Å². The highest BCUT2D eigenvalue weighted by molar-refractivity contribution is 7.07. The summed E-state index contributed by atoms with van der Waals surface area (Å²) in [4.78, 5) is 15.5. The van der Waals surface area contributed by atoms with Crippen LogP contribution in [0.4, 0.5) is 0 Å². The lowest BCUT2D eigenvalue weighted by atomic mass is 10.1. The molecule has 0 fully saturated rings. The highest BCUT2D eigenvalue weighted by Crippen LogP contribution is 2.34. The molecule has 2 aromatic heterocycles. The Kier molecular flexibility index (Phi) is 3.19. The van der Waals surface area contributed by atoms with Gasteiger partial charge in [-0.25, -0.2) is 4.79 Å². The Balaban J connectivity index is 2.12. The maximum atomic E-state index is 11.4. The van der Waals surface area contributed by atoms with Crippen molar-refractivity contribution in [2.45, 2.75) is 13.8 Å². The largest absolute Gasteiger partial charge is 0.428 e. The number of halogens is 1. The second kappa shape index (κ2) is 4.88. The Hall–Kier alpha value is -1.92. The smallest absolute Gasteiger partial charge is 0.336 e. The standard InChI is InChI=1S/C13H9ClN2O3S/c1-6-3-12(17)18-10-5-11(9(14)4-8(6)10)19-13-15-7(2)16-20-13/h3-5H,1-2H3. The van der Waals surface area contributed by atoms with Gasteiger partial charge in [0.15, 0.2) is 5.75 Å². The molecule has 0 atom stereocenters. The van der Waals surface area contributed by atoms with Gasteiger partial charge in [0.25, 0.3) is 5.19 Å². The summed E-state index contributed by atoms with van der Waals surface area (Å²) in [6, 6.07) is 4.72. The Morgan fingerprint density at radius 1 is 1.30 bits per heavy atom.